The lowest BCUT2D eigenvalue weighted by Gasteiger charge is -2.26. The standard InChI is InChI=1S/C47H39NO3/c49-33-45(50)34-51-46-30-22-41(23-31-46)47(40-14-8-3-9-15-40)32-35-16-24-42(25-17-35)48(43-26-18-38(19-27-43)36-10-4-1-5-11-36)44-28-20-39(21-29-44)37-12-6-2-7-13-37/h1-32,45,49-50H,33-34H2. The average Bonchev–Trinajstić information content (AvgIpc) is 3.21. The summed E-state index contributed by atoms with van der Waals surface area (Å²) >= 11 is 0. The molecular weight excluding hydrogens is 627 g/mol. The SMILES string of the molecule is OCC(O)COc1ccc(C(=Cc2ccc(N(c3ccc(-c4ccccc4)cc3)c3ccc(-c4ccccc4)cc3)cc2)c2ccccc2)cc1. The fraction of sp³-hybridized carbons (Fsp3) is 0.0638. The number of rotatable bonds is 12. The van der Waals surface area contributed by atoms with Gasteiger partial charge in [0, 0.05) is 17.1 Å². The molecule has 0 saturated carbocycles. The van der Waals surface area contributed by atoms with Crippen LogP contribution in [0.3, 0.4) is 0 Å². The highest BCUT2D eigenvalue weighted by Gasteiger charge is 2.14. The van der Waals surface area contributed by atoms with Crippen molar-refractivity contribution in [3.8, 4) is 28.0 Å². The Morgan fingerprint density at radius 1 is 0.490 bits per heavy atom. The van der Waals surface area contributed by atoms with Crippen molar-refractivity contribution in [2.24, 2.45) is 0 Å². The molecule has 7 rings (SSSR count). The van der Waals surface area contributed by atoms with E-state index in [1.807, 2.05) is 54.6 Å². The minimum Gasteiger partial charge on any atom is -0.491 e. The summed E-state index contributed by atoms with van der Waals surface area (Å²) in [5.41, 5.74) is 12.2. The Bertz CT molecular complexity index is 2060. The summed E-state index contributed by atoms with van der Waals surface area (Å²) < 4.78 is 5.65. The molecule has 7 aromatic rings. The molecule has 0 bridgehead atoms. The molecule has 0 aliphatic heterocycles. The summed E-state index contributed by atoms with van der Waals surface area (Å²) in [6.07, 6.45) is 1.30. The van der Waals surface area contributed by atoms with E-state index in [-0.39, 0.29) is 13.2 Å². The Kier molecular flexibility index (Phi) is 10.5. The van der Waals surface area contributed by atoms with Crippen molar-refractivity contribution in [3.05, 3.63) is 205 Å². The van der Waals surface area contributed by atoms with Crippen LogP contribution in [0.25, 0.3) is 33.9 Å². The van der Waals surface area contributed by atoms with Gasteiger partial charge in [-0.05, 0) is 99.1 Å². The number of aliphatic hydroxyl groups is 2. The molecule has 0 aromatic heterocycles. The summed E-state index contributed by atoms with van der Waals surface area (Å²) in [5, 5.41) is 18.8. The van der Waals surface area contributed by atoms with E-state index >= 15 is 0 Å². The molecule has 0 saturated heterocycles. The third kappa shape index (κ3) is 8.17. The average molecular weight is 666 g/mol. The zero-order chi connectivity index (χ0) is 34.8. The van der Waals surface area contributed by atoms with Gasteiger partial charge in [-0.15, -0.1) is 0 Å². The number of nitrogens with zero attached hydrogens (tertiary/aromatic N) is 1. The predicted octanol–water partition coefficient (Wildman–Crippen LogP) is 10.8. The van der Waals surface area contributed by atoms with Crippen LogP contribution in [0.15, 0.2) is 188 Å². The Labute approximate surface area is 299 Å². The van der Waals surface area contributed by atoms with Crippen molar-refractivity contribution in [3.63, 3.8) is 0 Å². The molecule has 4 nitrogen and oxygen atoms in total. The van der Waals surface area contributed by atoms with E-state index in [1.54, 1.807) is 0 Å². The zero-order valence-corrected chi connectivity index (χ0v) is 28.2. The molecule has 0 fully saturated rings. The number of aliphatic hydroxyl groups excluding tert-OH is 2. The fourth-order valence-electron chi connectivity index (χ4n) is 6.13. The van der Waals surface area contributed by atoms with E-state index in [9.17, 15) is 5.11 Å². The molecule has 4 heteroatoms. The maximum Gasteiger partial charge on any atom is 0.119 e. The number of benzene rings is 7. The van der Waals surface area contributed by atoms with Gasteiger partial charge < -0.3 is 19.8 Å². The minimum absolute atomic E-state index is 0.0366. The summed E-state index contributed by atoms with van der Waals surface area (Å²) in [6, 6.07) is 65.2. The van der Waals surface area contributed by atoms with E-state index in [0.29, 0.717) is 5.75 Å². The molecule has 1 atom stereocenters. The van der Waals surface area contributed by atoms with Crippen LogP contribution < -0.4 is 9.64 Å². The van der Waals surface area contributed by atoms with Crippen LogP contribution in [-0.4, -0.2) is 29.5 Å². The van der Waals surface area contributed by atoms with E-state index in [2.05, 4.69) is 144 Å². The number of hydrogen-bond acceptors (Lipinski definition) is 4. The van der Waals surface area contributed by atoms with Crippen LogP contribution in [0.1, 0.15) is 16.7 Å². The Hall–Kier alpha value is -6.20. The summed E-state index contributed by atoms with van der Waals surface area (Å²) in [4.78, 5) is 2.29. The Morgan fingerprint density at radius 3 is 1.37 bits per heavy atom. The van der Waals surface area contributed by atoms with Gasteiger partial charge in [0.25, 0.3) is 0 Å². The first-order valence-electron chi connectivity index (χ1n) is 17.1. The Balaban J connectivity index is 1.22. The van der Waals surface area contributed by atoms with Crippen LogP contribution in [0.5, 0.6) is 5.75 Å². The highest BCUT2D eigenvalue weighted by atomic mass is 16.5. The number of anilines is 3. The molecule has 0 amide bonds. The predicted molar refractivity (Wildman–Crippen MR) is 210 cm³/mol. The normalized spacial score (nSPS) is 11.9. The summed E-state index contributed by atoms with van der Waals surface area (Å²) in [7, 11) is 0. The molecule has 0 aliphatic carbocycles. The molecule has 0 heterocycles. The van der Waals surface area contributed by atoms with Crippen molar-refractivity contribution in [1.29, 1.82) is 0 Å². The molecule has 250 valence electrons. The van der Waals surface area contributed by atoms with Crippen LogP contribution in [0, 0.1) is 0 Å². The lowest BCUT2D eigenvalue weighted by molar-refractivity contribution is 0.0536. The largest absolute Gasteiger partial charge is 0.491 e. The second-order valence-corrected chi connectivity index (χ2v) is 12.3. The smallest absolute Gasteiger partial charge is 0.119 e. The van der Waals surface area contributed by atoms with Gasteiger partial charge in [0.05, 0.1) is 6.61 Å². The lowest BCUT2D eigenvalue weighted by atomic mass is 9.95. The van der Waals surface area contributed by atoms with Crippen molar-refractivity contribution in [1.82, 2.24) is 0 Å². The van der Waals surface area contributed by atoms with Crippen molar-refractivity contribution in [2.75, 3.05) is 18.1 Å². The van der Waals surface area contributed by atoms with Gasteiger partial charge in [-0.3, -0.25) is 0 Å². The molecule has 7 aromatic carbocycles. The van der Waals surface area contributed by atoms with Gasteiger partial charge in [-0.2, -0.15) is 0 Å². The van der Waals surface area contributed by atoms with Crippen molar-refractivity contribution in [2.45, 2.75) is 6.10 Å². The quantitative estimate of drug-likeness (QED) is 0.128. The highest BCUT2D eigenvalue weighted by Crippen LogP contribution is 2.37. The van der Waals surface area contributed by atoms with E-state index in [4.69, 9.17) is 9.84 Å². The second kappa shape index (κ2) is 16.0. The monoisotopic (exact) mass is 665 g/mol. The minimum atomic E-state index is -0.911. The lowest BCUT2D eigenvalue weighted by Crippen LogP contribution is -2.21. The molecular formula is C47H39NO3. The van der Waals surface area contributed by atoms with Gasteiger partial charge in [0.15, 0.2) is 0 Å². The van der Waals surface area contributed by atoms with E-state index in [0.717, 1.165) is 39.3 Å². The van der Waals surface area contributed by atoms with Gasteiger partial charge in [0.2, 0.25) is 0 Å². The van der Waals surface area contributed by atoms with Gasteiger partial charge >= 0.3 is 0 Å². The Morgan fingerprint density at radius 2 is 0.902 bits per heavy atom. The van der Waals surface area contributed by atoms with Crippen LogP contribution in [0.2, 0.25) is 0 Å². The molecule has 2 N–H and O–H groups in total. The number of hydrogen-bond donors (Lipinski definition) is 2. The van der Waals surface area contributed by atoms with Gasteiger partial charge in [0.1, 0.15) is 18.5 Å². The molecule has 0 radical (unpaired) electrons. The summed E-state index contributed by atoms with van der Waals surface area (Å²) in [5.74, 6) is 0.636. The van der Waals surface area contributed by atoms with Crippen LogP contribution in [-0.2, 0) is 0 Å². The maximum absolute atomic E-state index is 9.68. The van der Waals surface area contributed by atoms with Crippen molar-refractivity contribution >= 4 is 28.7 Å². The van der Waals surface area contributed by atoms with Gasteiger partial charge in [-0.25, -0.2) is 0 Å². The summed E-state index contributed by atoms with van der Waals surface area (Å²) in [6.45, 7) is -0.300. The maximum atomic E-state index is 9.68. The third-order valence-corrected chi connectivity index (χ3v) is 8.83. The first kappa shape index (κ1) is 33.3. The third-order valence-electron chi connectivity index (χ3n) is 8.83. The van der Waals surface area contributed by atoms with Crippen LogP contribution >= 0.6 is 0 Å². The second-order valence-electron chi connectivity index (χ2n) is 12.3. The fourth-order valence-corrected chi connectivity index (χ4v) is 6.13. The number of ether oxygens (including phenoxy) is 1. The van der Waals surface area contributed by atoms with E-state index < -0.39 is 6.10 Å². The van der Waals surface area contributed by atoms with Crippen molar-refractivity contribution < 1.29 is 14.9 Å². The molecule has 51 heavy (non-hydrogen) atoms. The molecule has 1 unspecified atom stereocenters. The molecule has 0 spiro atoms. The van der Waals surface area contributed by atoms with Crippen LogP contribution in [0.4, 0.5) is 17.1 Å². The van der Waals surface area contributed by atoms with E-state index in [1.165, 1.54) is 22.3 Å². The highest BCUT2D eigenvalue weighted by molar-refractivity contribution is 5.92. The zero-order valence-electron chi connectivity index (χ0n) is 28.2. The first-order valence-corrected chi connectivity index (χ1v) is 17.1. The topological polar surface area (TPSA) is 52.9 Å². The molecule has 0 aliphatic rings. The first-order chi connectivity index (χ1) is 25.1. The van der Waals surface area contributed by atoms with Gasteiger partial charge in [-0.1, -0.05) is 140 Å².